The van der Waals surface area contributed by atoms with Gasteiger partial charge in [-0.25, -0.2) is 0 Å². The van der Waals surface area contributed by atoms with E-state index in [4.69, 9.17) is 17.3 Å². The molecule has 0 aliphatic heterocycles. The molecular weight excluding hydrogens is 278 g/mol. The van der Waals surface area contributed by atoms with E-state index in [1.165, 1.54) is 6.92 Å². The van der Waals surface area contributed by atoms with Crippen molar-refractivity contribution in [3.8, 4) is 0 Å². The van der Waals surface area contributed by atoms with E-state index in [1.807, 2.05) is 0 Å². The predicted octanol–water partition coefficient (Wildman–Crippen LogP) is 1.37. The fourth-order valence-corrected chi connectivity index (χ4v) is 1.91. The zero-order chi connectivity index (χ0) is 15.0. The number of halogens is 1. The summed E-state index contributed by atoms with van der Waals surface area (Å²) in [5.41, 5.74) is 6.21. The molecule has 0 saturated carbocycles. The van der Waals surface area contributed by atoms with Crippen LogP contribution >= 0.6 is 11.6 Å². The molecule has 0 aliphatic rings. The third-order valence-corrected chi connectivity index (χ3v) is 2.99. The molecule has 1 unspecified atom stereocenters. The molecular formula is C14H20ClN3O2. The van der Waals surface area contributed by atoms with Gasteiger partial charge in [-0.05, 0) is 30.7 Å². The van der Waals surface area contributed by atoms with Gasteiger partial charge in [0.2, 0.25) is 11.8 Å². The number of hydrogen-bond donors (Lipinski definition) is 3. The highest BCUT2D eigenvalue weighted by atomic mass is 35.5. The molecule has 2 amide bonds. The maximum absolute atomic E-state index is 11.8. The molecule has 0 saturated heterocycles. The van der Waals surface area contributed by atoms with Gasteiger partial charge >= 0.3 is 0 Å². The van der Waals surface area contributed by atoms with E-state index < -0.39 is 0 Å². The summed E-state index contributed by atoms with van der Waals surface area (Å²) < 4.78 is 0. The van der Waals surface area contributed by atoms with Crippen LogP contribution in [-0.2, 0) is 9.59 Å². The number of nitrogens with two attached hydrogens (primary N) is 1. The van der Waals surface area contributed by atoms with Gasteiger partial charge in [-0.15, -0.1) is 0 Å². The van der Waals surface area contributed by atoms with Crippen LogP contribution in [0.1, 0.15) is 31.4 Å². The Bertz CT molecular complexity index is 448. The number of nitrogens with one attached hydrogen (secondary N) is 2. The van der Waals surface area contributed by atoms with Crippen LogP contribution in [0.2, 0.25) is 5.02 Å². The number of benzene rings is 1. The molecule has 0 bridgehead atoms. The molecule has 1 atom stereocenters. The molecule has 1 aromatic carbocycles. The van der Waals surface area contributed by atoms with E-state index >= 15 is 0 Å². The van der Waals surface area contributed by atoms with Gasteiger partial charge in [0, 0.05) is 18.5 Å². The summed E-state index contributed by atoms with van der Waals surface area (Å²) >= 11 is 5.83. The fraction of sp³-hybridized carbons (Fsp3) is 0.429. The lowest BCUT2D eigenvalue weighted by molar-refractivity contribution is -0.122. The molecule has 0 fully saturated rings. The minimum absolute atomic E-state index is 0.118. The maximum atomic E-state index is 11.8. The van der Waals surface area contributed by atoms with Crippen LogP contribution in [-0.4, -0.2) is 24.9 Å². The third kappa shape index (κ3) is 6.04. The quantitative estimate of drug-likeness (QED) is 0.665. The Morgan fingerprint density at radius 1 is 1.30 bits per heavy atom. The van der Waals surface area contributed by atoms with E-state index in [0.717, 1.165) is 12.0 Å². The van der Waals surface area contributed by atoms with Crippen LogP contribution in [0, 0.1) is 0 Å². The second-order valence-corrected chi connectivity index (χ2v) is 4.94. The van der Waals surface area contributed by atoms with Gasteiger partial charge in [0.1, 0.15) is 0 Å². The summed E-state index contributed by atoms with van der Waals surface area (Å²) in [6.07, 6.45) is 0.920. The first-order valence-electron chi connectivity index (χ1n) is 6.52. The zero-order valence-corrected chi connectivity index (χ0v) is 12.2. The smallest absolute Gasteiger partial charge is 0.222 e. The van der Waals surface area contributed by atoms with Gasteiger partial charge in [0.15, 0.2) is 0 Å². The molecule has 0 aliphatic carbocycles. The molecule has 4 N–H and O–H groups in total. The van der Waals surface area contributed by atoms with Crippen molar-refractivity contribution in [3.63, 3.8) is 0 Å². The van der Waals surface area contributed by atoms with Gasteiger partial charge < -0.3 is 16.4 Å². The summed E-state index contributed by atoms with van der Waals surface area (Å²) in [7, 11) is 0. The van der Waals surface area contributed by atoms with Gasteiger partial charge in [0.25, 0.3) is 0 Å². The Morgan fingerprint density at radius 2 is 1.95 bits per heavy atom. The molecule has 6 heteroatoms. The molecule has 1 aromatic rings. The number of rotatable bonds is 7. The van der Waals surface area contributed by atoms with Crippen molar-refractivity contribution in [1.29, 1.82) is 0 Å². The first-order chi connectivity index (χ1) is 9.52. The molecule has 0 heterocycles. The topological polar surface area (TPSA) is 84.2 Å². The zero-order valence-electron chi connectivity index (χ0n) is 11.5. The lowest BCUT2D eigenvalue weighted by Crippen LogP contribution is -2.33. The Morgan fingerprint density at radius 3 is 2.50 bits per heavy atom. The first kappa shape index (κ1) is 16.5. The van der Waals surface area contributed by atoms with Crippen molar-refractivity contribution < 1.29 is 9.59 Å². The first-order valence-corrected chi connectivity index (χ1v) is 6.90. The van der Waals surface area contributed by atoms with Crippen LogP contribution in [0.4, 0.5) is 0 Å². The number of carbonyl (C=O) groups excluding carboxylic acids is 2. The fourth-order valence-electron chi connectivity index (χ4n) is 1.78. The molecule has 110 valence electrons. The SMILES string of the molecule is CC(=O)NC(CC(=O)NCCCN)c1ccc(Cl)cc1. The molecule has 1 rings (SSSR count). The average molecular weight is 298 g/mol. The Hall–Kier alpha value is -1.59. The second-order valence-electron chi connectivity index (χ2n) is 4.50. The molecule has 0 radical (unpaired) electrons. The van der Waals surface area contributed by atoms with Crippen molar-refractivity contribution in [2.75, 3.05) is 13.1 Å². The number of amides is 2. The average Bonchev–Trinajstić information content (AvgIpc) is 2.38. The Kier molecular flexibility index (Phi) is 7.04. The van der Waals surface area contributed by atoms with E-state index in [-0.39, 0.29) is 24.3 Å². The highest BCUT2D eigenvalue weighted by molar-refractivity contribution is 6.30. The van der Waals surface area contributed by atoms with Crippen LogP contribution in [0.5, 0.6) is 0 Å². The largest absolute Gasteiger partial charge is 0.356 e. The molecule has 5 nitrogen and oxygen atoms in total. The summed E-state index contributed by atoms with van der Waals surface area (Å²) in [4.78, 5) is 23.1. The lowest BCUT2D eigenvalue weighted by atomic mass is 10.0. The minimum atomic E-state index is -0.359. The summed E-state index contributed by atoms with van der Waals surface area (Å²) in [5.74, 6) is -0.299. The predicted molar refractivity (Wildman–Crippen MR) is 79.3 cm³/mol. The summed E-state index contributed by atoms with van der Waals surface area (Å²) in [6, 6.07) is 6.71. The van der Waals surface area contributed by atoms with Crippen molar-refractivity contribution in [1.82, 2.24) is 10.6 Å². The van der Waals surface area contributed by atoms with Crippen molar-refractivity contribution in [3.05, 3.63) is 34.9 Å². The highest BCUT2D eigenvalue weighted by Crippen LogP contribution is 2.19. The van der Waals surface area contributed by atoms with Crippen LogP contribution in [0.15, 0.2) is 24.3 Å². The number of hydrogen-bond acceptors (Lipinski definition) is 3. The van der Waals surface area contributed by atoms with Gasteiger partial charge in [-0.2, -0.15) is 0 Å². The highest BCUT2D eigenvalue weighted by Gasteiger charge is 2.16. The van der Waals surface area contributed by atoms with Crippen LogP contribution < -0.4 is 16.4 Å². The van der Waals surface area contributed by atoms with Gasteiger partial charge in [0.05, 0.1) is 12.5 Å². The molecule has 20 heavy (non-hydrogen) atoms. The molecule has 0 spiro atoms. The number of carbonyl (C=O) groups is 2. The maximum Gasteiger partial charge on any atom is 0.222 e. The Labute approximate surface area is 123 Å². The Balaban J connectivity index is 2.67. The van der Waals surface area contributed by atoms with Crippen molar-refractivity contribution >= 4 is 23.4 Å². The van der Waals surface area contributed by atoms with E-state index in [0.29, 0.717) is 18.1 Å². The van der Waals surface area contributed by atoms with E-state index in [9.17, 15) is 9.59 Å². The lowest BCUT2D eigenvalue weighted by Gasteiger charge is -2.18. The molecule has 0 aromatic heterocycles. The van der Waals surface area contributed by atoms with E-state index in [1.54, 1.807) is 24.3 Å². The van der Waals surface area contributed by atoms with Crippen molar-refractivity contribution in [2.24, 2.45) is 5.73 Å². The van der Waals surface area contributed by atoms with Crippen LogP contribution in [0.3, 0.4) is 0 Å². The summed E-state index contributed by atoms with van der Waals surface area (Å²) in [6.45, 7) is 2.50. The van der Waals surface area contributed by atoms with Crippen molar-refractivity contribution in [2.45, 2.75) is 25.8 Å². The minimum Gasteiger partial charge on any atom is -0.356 e. The van der Waals surface area contributed by atoms with Gasteiger partial charge in [-0.1, -0.05) is 23.7 Å². The van der Waals surface area contributed by atoms with Gasteiger partial charge in [-0.3, -0.25) is 9.59 Å². The monoisotopic (exact) mass is 297 g/mol. The summed E-state index contributed by atoms with van der Waals surface area (Å²) in [5, 5.41) is 6.16. The standard InChI is InChI=1S/C14H20ClN3O2/c1-10(19)18-13(9-14(20)17-8-2-7-16)11-3-5-12(15)6-4-11/h3-6,13H,2,7-9,16H2,1H3,(H,17,20)(H,18,19). The normalized spacial score (nSPS) is 11.8. The van der Waals surface area contributed by atoms with Crippen LogP contribution in [0.25, 0.3) is 0 Å². The second kappa shape index (κ2) is 8.55. The third-order valence-electron chi connectivity index (χ3n) is 2.74. The van der Waals surface area contributed by atoms with E-state index in [2.05, 4.69) is 10.6 Å².